The van der Waals surface area contributed by atoms with Gasteiger partial charge in [-0.25, -0.2) is 4.39 Å². The molecule has 1 aromatic carbocycles. The lowest BCUT2D eigenvalue weighted by Gasteiger charge is -2.32. The second-order valence-electron chi connectivity index (χ2n) is 6.10. The smallest absolute Gasteiger partial charge is 0.123 e. The van der Waals surface area contributed by atoms with Gasteiger partial charge in [0, 0.05) is 30.2 Å². The molecule has 1 heterocycles. The van der Waals surface area contributed by atoms with Crippen LogP contribution in [0.15, 0.2) is 18.2 Å². The normalized spacial score (nSPS) is 24.2. The number of nitrogens with zero attached hydrogens (tertiary/aromatic N) is 1. The van der Waals surface area contributed by atoms with Crippen LogP contribution in [0.25, 0.3) is 0 Å². The van der Waals surface area contributed by atoms with E-state index >= 15 is 0 Å². The largest absolute Gasteiger partial charge is 0.508 e. The Kier molecular flexibility index (Phi) is 3.94. The molecule has 3 rings (SSSR count). The van der Waals surface area contributed by atoms with Gasteiger partial charge in [-0.15, -0.1) is 0 Å². The standard InChI is InChI=1S/C16H23FN2O/c1-11(15-9-12(17)4-7-16(15)20)19(14-5-6-14)10-13-3-2-8-18-13/h4,7,9,11,13-14,18,20H,2-3,5-6,8,10H2,1H3. The maximum Gasteiger partial charge on any atom is 0.123 e. The van der Waals surface area contributed by atoms with Crippen LogP contribution in [-0.4, -0.2) is 35.2 Å². The van der Waals surface area contributed by atoms with Gasteiger partial charge in [0.1, 0.15) is 11.6 Å². The van der Waals surface area contributed by atoms with Gasteiger partial charge in [0.05, 0.1) is 0 Å². The number of phenolic OH excluding ortho intramolecular Hbond substituents is 1. The molecular formula is C16H23FN2O. The van der Waals surface area contributed by atoms with Crippen molar-refractivity contribution in [2.45, 2.75) is 50.7 Å². The van der Waals surface area contributed by atoms with E-state index in [0.29, 0.717) is 17.6 Å². The fraction of sp³-hybridized carbons (Fsp3) is 0.625. The number of rotatable bonds is 5. The number of halogens is 1. The first-order chi connectivity index (χ1) is 9.65. The summed E-state index contributed by atoms with van der Waals surface area (Å²) in [6.45, 7) is 4.16. The summed E-state index contributed by atoms with van der Waals surface area (Å²) in [5.41, 5.74) is 0.704. The van der Waals surface area contributed by atoms with Crippen molar-refractivity contribution in [3.63, 3.8) is 0 Å². The van der Waals surface area contributed by atoms with Crippen molar-refractivity contribution in [1.29, 1.82) is 0 Å². The van der Waals surface area contributed by atoms with E-state index in [0.717, 1.165) is 13.1 Å². The fourth-order valence-electron chi connectivity index (χ4n) is 3.24. The molecule has 0 aromatic heterocycles. The summed E-state index contributed by atoms with van der Waals surface area (Å²) in [5, 5.41) is 13.5. The van der Waals surface area contributed by atoms with E-state index in [1.165, 1.54) is 43.9 Å². The summed E-state index contributed by atoms with van der Waals surface area (Å²) < 4.78 is 13.5. The molecule has 1 saturated carbocycles. The van der Waals surface area contributed by atoms with Gasteiger partial charge in [-0.05, 0) is 57.4 Å². The number of phenols is 1. The molecule has 0 radical (unpaired) electrons. The predicted molar refractivity (Wildman–Crippen MR) is 77.2 cm³/mol. The van der Waals surface area contributed by atoms with Crippen LogP contribution in [0.3, 0.4) is 0 Å². The Morgan fingerprint density at radius 3 is 2.85 bits per heavy atom. The molecule has 1 aliphatic carbocycles. The summed E-state index contributed by atoms with van der Waals surface area (Å²) in [7, 11) is 0. The van der Waals surface area contributed by atoms with Gasteiger partial charge in [0.2, 0.25) is 0 Å². The van der Waals surface area contributed by atoms with Gasteiger partial charge in [0.15, 0.2) is 0 Å². The minimum atomic E-state index is -0.278. The van der Waals surface area contributed by atoms with E-state index < -0.39 is 0 Å². The third-order valence-corrected chi connectivity index (χ3v) is 4.55. The van der Waals surface area contributed by atoms with Crippen molar-refractivity contribution in [1.82, 2.24) is 10.2 Å². The molecule has 2 unspecified atom stereocenters. The van der Waals surface area contributed by atoms with Crippen LogP contribution in [0.2, 0.25) is 0 Å². The van der Waals surface area contributed by atoms with E-state index in [1.807, 2.05) is 0 Å². The Morgan fingerprint density at radius 2 is 2.20 bits per heavy atom. The number of nitrogens with one attached hydrogen (secondary N) is 1. The Hall–Kier alpha value is -1.13. The zero-order valence-corrected chi connectivity index (χ0v) is 12.0. The van der Waals surface area contributed by atoms with Crippen molar-refractivity contribution in [2.75, 3.05) is 13.1 Å². The van der Waals surface area contributed by atoms with Crippen LogP contribution in [0, 0.1) is 5.82 Å². The van der Waals surface area contributed by atoms with Crippen molar-refractivity contribution in [2.24, 2.45) is 0 Å². The van der Waals surface area contributed by atoms with Crippen LogP contribution in [0.4, 0.5) is 4.39 Å². The van der Waals surface area contributed by atoms with Gasteiger partial charge in [-0.1, -0.05) is 0 Å². The third kappa shape index (κ3) is 2.96. The maximum atomic E-state index is 13.5. The lowest BCUT2D eigenvalue weighted by Crippen LogP contribution is -2.40. The summed E-state index contributed by atoms with van der Waals surface area (Å²) in [6.07, 6.45) is 4.88. The van der Waals surface area contributed by atoms with Gasteiger partial charge in [-0.2, -0.15) is 0 Å². The topological polar surface area (TPSA) is 35.5 Å². The average molecular weight is 278 g/mol. The quantitative estimate of drug-likeness (QED) is 0.869. The zero-order valence-electron chi connectivity index (χ0n) is 12.0. The Bertz CT molecular complexity index is 470. The molecule has 4 heteroatoms. The molecule has 0 amide bonds. The molecule has 2 fully saturated rings. The van der Waals surface area contributed by atoms with Gasteiger partial charge < -0.3 is 10.4 Å². The van der Waals surface area contributed by atoms with Crippen LogP contribution < -0.4 is 5.32 Å². The molecule has 110 valence electrons. The lowest BCUT2D eigenvalue weighted by molar-refractivity contribution is 0.179. The number of hydrogen-bond acceptors (Lipinski definition) is 3. The number of aromatic hydroxyl groups is 1. The minimum Gasteiger partial charge on any atom is -0.508 e. The predicted octanol–water partition coefficient (Wildman–Crippen LogP) is 2.81. The van der Waals surface area contributed by atoms with Crippen LogP contribution >= 0.6 is 0 Å². The highest BCUT2D eigenvalue weighted by Gasteiger charge is 2.35. The van der Waals surface area contributed by atoms with E-state index in [2.05, 4.69) is 17.1 Å². The fourth-order valence-corrected chi connectivity index (χ4v) is 3.24. The highest BCUT2D eigenvalue weighted by molar-refractivity contribution is 5.35. The third-order valence-electron chi connectivity index (χ3n) is 4.55. The van der Waals surface area contributed by atoms with Crippen LogP contribution in [0.5, 0.6) is 5.75 Å². The molecule has 0 spiro atoms. The van der Waals surface area contributed by atoms with Crippen LogP contribution in [-0.2, 0) is 0 Å². The highest BCUT2D eigenvalue weighted by Crippen LogP contribution is 2.37. The number of hydrogen-bond donors (Lipinski definition) is 2. The van der Waals surface area contributed by atoms with Gasteiger partial charge >= 0.3 is 0 Å². The maximum absolute atomic E-state index is 13.5. The molecule has 2 atom stereocenters. The van der Waals surface area contributed by atoms with E-state index in [4.69, 9.17) is 0 Å². The molecule has 3 nitrogen and oxygen atoms in total. The molecule has 20 heavy (non-hydrogen) atoms. The summed E-state index contributed by atoms with van der Waals surface area (Å²) in [5.74, 6) is -0.0803. The molecular weight excluding hydrogens is 255 g/mol. The van der Waals surface area contributed by atoms with Crippen molar-refractivity contribution in [3.05, 3.63) is 29.6 Å². The number of benzene rings is 1. The molecule has 1 saturated heterocycles. The average Bonchev–Trinajstić information content (AvgIpc) is 3.15. The Balaban J connectivity index is 1.77. The molecule has 0 bridgehead atoms. The first-order valence-corrected chi connectivity index (χ1v) is 7.62. The van der Waals surface area contributed by atoms with Crippen molar-refractivity contribution >= 4 is 0 Å². The first-order valence-electron chi connectivity index (χ1n) is 7.62. The van der Waals surface area contributed by atoms with E-state index in [1.54, 1.807) is 0 Å². The Labute approximate surface area is 119 Å². The molecule has 2 N–H and O–H groups in total. The van der Waals surface area contributed by atoms with Gasteiger partial charge in [-0.3, -0.25) is 4.90 Å². The SMILES string of the molecule is CC(c1cc(F)ccc1O)N(CC1CCCN1)C1CC1. The summed E-state index contributed by atoms with van der Waals surface area (Å²) in [6, 6.07) is 5.42. The first kappa shape index (κ1) is 13.8. The summed E-state index contributed by atoms with van der Waals surface area (Å²) in [4.78, 5) is 2.43. The second kappa shape index (κ2) is 5.70. The monoisotopic (exact) mass is 278 g/mol. The van der Waals surface area contributed by atoms with Gasteiger partial charge in [0.25, 0.3) is 0 Å². The zero-order chi connectivity index (χ0) is 14.1. The highest BCUT2D eigenvalue weighted by atomic mass is 19.1. The molecule has 2 aliphatic rings. The van der Waals surface area contributed by atoms with Crippen LogP contribution in [0.1, 0.15) is 44.2 Å². The van der Waals surface area contributed by atoms with Crippen molar-refractivity contribution < 1.29 is 9.50 Å². The second-order valence-corrected chi connectivity index (χ2v) is 6.10. The molecule has 1 aromatic rings. The molecule has 1 aliphatic heterocycles. The van der Waals surface area contributed by atoms with E-state index in [9.17, 15) is 9.50 Å². The minimum absolute atomic E-state index is 0.0561. The van der Waals surface area contributed by atoms with E-state index in [-0.39, 0.29) is 17.6 Å². The Morgan fingerprint density at radius 1 is 1.40 bits per heavy atom. The lowest BCUT2D eigenvalue weighted by atomic mass is 10.0. The summed E-state index contributed by atoms with van der Waals surface area (Å²) >= 11 is 0. The van der Waals surface area contributed by atoms with Crippen molar-refractivity contribution in [3.8, 4) is 5.75 Å².